The van der Waals surface area contributed by atoms with Crippen molar-refractivity contribution in [1.82, 2.24) is 19.7 Å². The van der Waals surface area contributed by atoms with Gasteiger partial charge in [-0.1, -0.05) is 6.07 Å². The third kappa shape index (κ3) is 4.92. The molecule has 1 fully saturated rings. The SMILES string of the molecule is Cc1ccc(COc2cccc(Oc3ccc(-c4nn(C5CCOCC5)c5ncnc(N)c45)cc3F)c2)s1. The van der Waals surface area contributed by atoms with E-state index in [9.17, 15) is 0 Å². The summed E-state index contributed by atoms with van der Waals surface area (Å²) < 4.78 is 34.4. The minimum Gasteiger partial charge on any atom is -0.488 e. The van der Waals surface area contributed by atoms with Gasteiger partial charge in [0.25, 0.3) is 0 Å². The highest BCUT2D eigenvalue weighted by Gasteiger charge is 2.24. The second-order valence-electron chi connectivity index (χ2n) is 9.12. The Bertz CT molecular complexity index is 1590. The van der Waals surface area contributed by atoms with Crippen LogP contribution in [0.3, 0.4) is 0 Å². The Morgan fingerprint density at radius 3 is 2.71 bits per heavy atom. The van der Waals surface area contributed by atoms with E-state index in [0.29, 0.717) is 59.4 Å². The standard InChI is InChI=1S/C28H26FN5O3S/c1-17-5-7-22(38-17)15-36-20-3-2-4-21(14-20)37-24-8-6-18(13-23(24)29)26-25-27(30)31-16-32-28(25)34(33-26)19-9-11-35-12-10-19/h2-8,13-14,16,19H,9-12,15H2,1H3,(H2,30,31,32). The summed E-state index contributed by atoms with van der Waals surface area (Å²) in [5, 5.41) is 5.42. The Labute approximate surface area is 222 Å². The van der Waals surface area contributed by atoms with Crippen molar-refractivity contribution in [3.8, 4) is 28.5 Å². The van der Waals surface area contributed by atoms with Crippen molar-refractivity contribution in [3.05, 3.63) is 76.5 Å². The van der Waals surface area contributed by atoms with Gasteiger partial charge in [-0.3, -0.25) is 0 Å². The average Bonchev–Trinajstić information content (AvgIpc) is 3.54. The van der Waals surface area contributed by atoms with Crippen LogP contribution in [0.5, 0.6) is 17.2 Å². The lowest BCUT2D eigenvalue weighted by Gasteiger charge is -2.22. The molecule has 6 rings (SSSR count). The number of anilines is 1. The molecule has 0 amide bonds. The van der Waals surface area contributed by atoms with Crippen molar-refractivity contribution < 1.29 is 18.6 Å². The number of hydrogen-bond acceptors (Lipinski definition) is 8. The van der Waals surface area contributed by atoms with Crippen LogP contribution in [0.25, 0.3) is 22.3 Å². The maximum Gasteiger partial charge on any atom is 0.166 e. The van der Waals surface area contributed by atoms with E-state index < -0.39 is 5.82 Å². The number of aromatic nitrogens is 4. The highest BCUT2D eigenvalue weighted by molar-refractivity contribution is 7.11. The van der Waals surface area contributed by atoms with Crippen molar-refractivity contribution >= 4 is 28.2 Å². The number of benzene rings is 2. The minimum absolute atomic E-state index is 0.0946. The van der Waals surface area contributed by atoms with Crippen molar-refractivity contribution in [3.63, 3.8) is 0 Å². The molecule has 194 valence electrons. The van der Waals surface area contributed by atoms with Gasteiger partial charge in [0.1, 0.15) is 35.9 Å². The molecule has 1 saturated heterocycles. The van der Waals surface area contributed by atoms with Gasteiger partial charge in [0, 0.05) is 34.6 Å². The van der Waals surface area contributed by atoms with E-state index in [1.165, 1.54) is 17.3 Å². The molecule has 4 heterocycles. The van der Waals surface area contributed by atoms with Gasteiger partial charge in [0.2, 0.25) is 0 Å². The number of fused-ring (bicyclic) bond motifs is 1. The molecule has 38 heavy (non-hydrogen) atoms. The van der Waals surface area contributed by atoms with Crippen LogP contribution in [0, 0.1) is 12.7 Å². The smallest absolute Gasteiger partial charge is 0.166 e. The van der Waals surface area contributed by atoms with E-state index in [2.05, 4.69) is 23.0 Å². The lowest BCUT2D eigenvalue weighted by atomic mass is 10.1. The van der Waals surface area contributed by atoms with Crippen molar-refractivity contribution in [1.29, 1.82) is 0 Å². The zero-order chi connectivity index (χ0) is 26.1. The van der Waals surface area contributed by atoms with Crippen molar-refractivity contribution in [2.75, 3.05) is 18.9 Å². The first-order valence-corrected chi connectivity index (χ1v) is 13.2. The molecule has 8 nitrogen and oxygen atoms in total. The maximum absolute atomic E-state index is 15.3. The first-order chi connectivity index (χ1) is 18.5. The fourth-order valence-electron chi connectivity index (χ4n) is 4.58. The molecule has 0 unspecified atom stereocenters. The minimum atomic E-state index is -0.521. The van der Waals surface area contributed by atoms with Crippen molar-refractivity contribution in [2.24, 2.45) is 0 Å². The van der Waals surface area contributed by atoms with Gasteiger partial charge in [-0.05, 0) is 62.2 Å². The normalized spacial score (nSPS) is 14.2. The Morgan fingerprint density at radius 1 is 1.08 bits per heavy atom. The number of halogens is 1. The predicted molar refractivity (Wildman–Crippen MR) is 144 cm³/mol. The molecule has 0 saturated carbocycles. The molecule has 1 aliphatic heterocycles. The van der Waals surface area contributed by atoms with Gasteiger partial charge in [-0.15, -0.1) is 11.3 Å². The Hall–Kier alpha value is -4.02. The van der Waals surface area contributed by atoms with Gasteiger partial charge in [0.15, 0.2) is 17.2 Å². The summed E-state index contributed by atoms with van der Waals surface area (Å²) in [5.74, 6) is 0.998. The molecular weight excluding hydrogens is 505 g/mol. The van der Waals surface area contributed by atoms with Gasteiger partial charge < -0.3 is 19.9 Å². The summed E-state index contributed by atoms with van der Waals surface area (Å²) >= 11 is 1.69. The van der Waals surface area contributed by atoms with E-state index in [1.807, 2.05) is 22.9 Å². The zero-order valence-electron chi connectivity index (χ0n) is 20.8. The van der Waals surface area contributed by atoms with E-state index in [4.69, 9.17) is 25.0 Å². The van der Waals surface area contributed by atoms with Gasteiger partial charge in [0.05, 0.1) is 11.4 Å². The van der Waals surface area contributed by atoms with E-state index in [-0.39, 0.29) is 11.8 Å². The Balaban J connectivity index is 1.25. The first-order valence-electron chi connectivity index (χ1n) is 12.4. The maximum atomic E-state index is 15.3. The molecular formula is C28H26FN5O3S. The van der Waals surface area contributed by atoms with Crippen LogP contribution in [0.1, 0.15) is 28.6 Å². The lowest BCUT2D eigenvalue weighted by Crippen LogP contribution is -2.20. The third-order valence-electron chi connectivity index (χ3n) is 6.47. The number of nitrogens with zero attached hydrogens (tertiary/aromatic N) is 4. The summed E-state index contributed by atoms with van der Waals surface area (Å²) in [5.41, 5.74) is 7.96. The second kappa shape index (κ2) is 10.4. The number of hydrogen-bond donors (Lipinski definition) is 1. The topological polar surface area (TPSA) is 97.3 Å². The fraction of sp³-hybridized carbons (Fsp3) is 0.250. The van der Waals surface area contributed by atoms with Gasteiger partial charge >= 0.3 is 0 Å². The summed E-state index contributed by atoms with van der Waals surface area (Å²) in [6.45, 7) is 3.84. The number of nitrogens with two attached hydrogens (primary N) is 1. The van der Waals surface area contributed by atoms with E-state index >= 15 is 4.39 Å². The largest absolute Gasteiger partial charge is 0.488 e. The van der Waals surface area contributed by atoms with Crippen LogP contribution >= 0.6 is 11.3 Å². The zero-order valence-corrected chi connectivity index (χ0v) is 21.6. The fourth-order valence-corrected chi connectivity index (χ4v) is 5.39. The highest BCUT2D eigenvalue weighted by atomic mass is 32.1. The average molecular weight is 532 g/mol. The summed E-state index contributed by atoms with van der Waals surface area (Å²) in [4.78, 5) is 11.0. The van der Waals surface area contributed by atoms with Crippen LogP contribution < -0.4 is 15.2 Å². The van der Waals surface area contributed by atoms with Gasteiger partial charge in [-0.2, -0.15) is 5.10 Å². The number of ether oxygens (including phenoxy) is 3. The molecule has 5 aromatic rings. The molecule has 0 aliphatic carbocycles. The number of rotatable bonds is 7. The molecule has 0 atom stereocenters. The Morgan fingerprint density at radius 2 is 1.92 bits per heavy atom. The van der Waals surface area contributed by atoms with Crippen LogP contribution in [0.15, 0.2) is 60.9 Å². The summed E-state index contributed by atoms with van der Waals surface area (Å²) in [7, 11) is 0. The van der Waals surface area contributed by atoms with Crippen LogP contribution in [0.2, 0.25) is 0 Å². The molecule has 10 heteroatoms. The molecule has 3 aromatic heterocycles. The van der Waals surface area contributed by atoms with Crippen LogP contribution in [-0.2, 0) is 11.3 Å². The number of thiophene rings is 1. The van der Waals surface area contributed by atoms with Crippen LogP contribution in [0.4, 0.5) is 10.2 Å². The number of nitrogen functional groups attached to an aromatic ring is 1. The number of aryl methyl sites for hydroxylation is 1. The summed E-state index contributed by atoms with van der Waals surface area (Å²) in [6, 6.07) is 16.2. The van der Waals surface area contributed by atoms with Gasteiger partial charge in [-0.25, -0.2) is 19.0 Å². The quantitative estimate of drug-likeness (QED) is 0.263. The van der Waals surface area contributed by atoms with E-state index in [1.54, 1.807) is 35.6 Å². The third-order valence-corrected chi connectivity index (χ3v) is 7.44. The lowest BCUT2D eigenvalue weighted by molar-refractivity contribution is 0.0674. The highest BCUT2D eigenvalue weighted by Crippen LogP contribution is 2.36. The molecule has 2 aromatic carbocycles. The first kappa shape index (κ1) is 24.3. The van der Waals surface area contributed by atoms with Crippen molar-refractivity contribution in [2.45, 2.75) is 32.4 Å². The monoisotopic (exact) mass is 531 g/mol. The van der Waals surface area contributed by atoms with Crippen LogP contribution in [-0.4, -0.2) is 33.0 Å². The molecule has 2 N–H and O–H groups in total. The second-order valence-corrected chi connectivity index (χ2v) is 10.5. The summed E-state index contributed by atoms with van der Waals surface area (Å²) in [6.07, 6.45) is 3.06. The predicted octanol–water partition coefficient (Wildman–Crippen LogP) is 6.31. The molecule has 0 radical (unpaired) electrons. The van der Waals surface area contributed by atoms with E-state index in [0.717, 1.165) is 17.7 Å². The molecule has 1 aliphatic rings. The Kier molecular flexibility index (Phi) is 6.65. The molecule has 0 bridgehead atoms. The molecule has 0 spiro atoms.